The Balaban J connectivity index is 1.94. The van der Waals surface area contributed by atoms with Crippen LogP contribution >= 0.6 is 0 Å². The molecule has 3 aromatic rings. The van der Waals surface area contributed by atoms with Crippen molar-refractivity contribution >= 4 is 31.4 Å². The standard InChI is InChI=1S/C21H21FN2O6S2/c1-14-8-9-15(12-21(14)32(27,28)24-18-7-5-4-6-17(18)22)23-31(25,26)16-10-11-19(29-2)20(13-16)30-3/h4-13,23-24H,1-3H3. The summed E-state index contributed by atoms with van der Waals surface area (Å²) in [7, 11) is -5.46. The summed E-state index contributed by atoms with van der Waals surface area (Å²) in [5.41, 5.74) is 0.144. The van der Waals surface area contributed by atoms with E-state index in [2.05, 4.69) is 9.44 Å². The molecule has 0 saturated carbocycles. The Morgan fingerprint density at radius 3 is 2.12 bits per heavy atom. The Hall–Kier alpha value is -3.31. The first kappa shape index (κ1) is 23.4. The van der Waals surface area contributed by atoms with Crippen molar-refractivity contribution < 1.29 is 30.7 Å². The van der Waals surface area contributed by atoms with Crippen molar-refractivity contribution in [3.8, 4) is 11.5 Å². The molecule has 0 radical (unpaired) electrons. The number of rotatable bonds is 8. The van der Waals surface area contributed by atoms with Gasteiger partial charge in [-0.15, -0.1) is 0 Å². The lowest BCUT2D eigenvalue weighted by molar-refractivity contribution is 0.354. The molecule has 0 saturated heterocycles. The monoisotopic (exact) mass is 480 g/mol. The number of halogens is 1. The Kier molecular flexibility index (Phi) is 6.60. The van der Waals surface area contributed by atoms with Crippen LogP contribution in [-0.4, -0.2) is 31.1 Å². The van der Waals surface area contributed by atoms with Gasteiger partial charge in [-0.3, -0.25) is 9.44 Å². The zero-order valence-electron chi connectivity index (χ0n) is 17.4. The van der Waals surface area contributed by atoms with Gasteiger partial charge in [0, 0.05) is 6.07 Å². The molecule has 3 aromatic carbocycles. The van der Waals surface area contributed by atoms with E-state index in [-0.39, 0.29) is 26.9 Å². The van der Waals surface area contributed by atoms with Gasteiger partial charge in [-0.1, -0.05) is 18.2 Å². The lowest BCUT2D eigenvalue weighted by Crippen LogP contribution is -2.17. The smallest absolute Gasteiger partial charge is 0.262 e. The topological polar surface area (TPSA) is 111 Å². The van der Waals surface area contributed by atoms with Crippen LogP contribution < -0.4 is 18.9 Å². The number of sulfonamides is 2. The molecule has 0 unspecified atom stereocenters. The highest BCUT2D eigenvalue weighted by molar-refractivity contribution is 7.93. The van der Waals surface area contributed by atoms with E-state index in [1.807, 2.05) is 0 Å². The maximum absolute atomic E-state index is 13.9. The highest BCUT2D eigenvalue weighted by atomic mass is 32.2. The minimum absolute atomic E-state index is 0.0132. The summed E-state index contributed by atoms with van der Waals surface area (Å²) in [6.07, 6.45) is 0. The highest BCUT2D eigenvalue weighted by Gasteiger charge is 2.22. The predicted octanol–water partition coefficient (Wildman–Crippen LogP) is 3.75. The first-order chi connectivity index (χ1) is 15.1. The molecule has 0 aliphatic rings. The van der Waals surface area contributed by atoms with E-state index >= 15 is 0 Å². The van der Waals surface area contributed by atoms with Crippen LogP contribution in [0.5, 0.6) is 11.5 Å². The molecule has 2 N–H and O–H groups in total. The van der Waals surface area contributed by atoms with Crippen molar-refractivity contribution in [3.05, 3.63) is 72.0 Å². The van der Waals surface area contributed by atoms with Gasteiger partial charge < -0.3 is 9.47 Å². The molecule has 0 aliphatic carbocycles. The van der Waals surface area contributed by atoms with Crippen molar-refractivity contribution in [1.29, 1.82) is 0 Å². The lowest BCUT2D eigenvalue weighted by atomic mass is 10.2. The fourth-order valence-electron chi connectivity index (χ4n) is 2.89. The zero-order chi connectivity index (χ0) is 23.5. The summed E-state index contributed by atoms with van der Waals surface area (Å²) in [4.78, 5) is -0.308. The molecular weight excluding hydrogens is 459 g/mol. The molecule has 8 nitrogen and oxygen atoms in total. The van der Waals surface area contributed by atoms with Crippen LogP contribution in [0.2, 0.25) is 0 Å². The quantitative estimate of drug-likeness (QED) is 0.508. The van der Waals surface area contributed by atoms with E-state index in [1.54, 1.807) is 6.92 Å². The Labute approximate surface area is 186 Å². The third kappa shape index (κ3) is 4.94. The molecular formula is C21H21FN2O6S2. The van der Waals surface area contributed by atoms with Gasteiger partial charge in [-0.05, 0) is 48.9 Å². The van der Waals surface area contributed by atoms with Gasteiger partial charge in [0.15, 0.2) is 11.5 Å². The number of para-hydroxylation sites is 1. The minimum Gasteiger partial charge on any atom is -0.493 e. The molecule has 170 valence electrons. The van der Waals surface area contributed by atoms with E-state index in [0.29, 0.717) is 11.3 Å². The largest absolute Gasteiger partial charge is 0.493 e. The van der Waals surface area contributed by atoms with Crippen molar-refractivity contribution in [3.63, 3.8) is 0 Å². The molecule has 0 aliphatic heterocycles. The number of benzene rings is 3. The summed E-state index contributed by atoms with van der Waals surface area (Å²) in [6, 6.07) is 13.4. The van der Waals surface area contributed by atoms with Crippen LogP contribution in [0.1, 0.15) is 5.56 Å². The molecule has 11 heteroatoms. The zero-order valence-corrected chi connectivity index (χ0v) is 19.1. The molecule has 0 bridgehead atoms. The number of hydrogen-bond donors (Lipinski definition) is 2. The number of anilines is 2. The number of hydrogen-bond acceptors (Lipinski definition) is 6. The fraction of sp³-hybridized carbons (Fsp3) is 0.143. The highest BCUT2D eigenvalue weighted by Crippen LogP contribution is 2.31. The van der Waals surface area contributed by atoms with Gasteiger partial charge >= 0.3 is 0 Å². The second kappa shape index (κ2) is 9.05. The summed E-state index contributed by atoms with van der Waals surface area (Å²) in [5.74, 6) is -0.162. The van der Waals surface area contributed by atoms with Crippen LogP contribution in [0.25, 0.3) is 0 Å². The first-order valence-corrected chi connectivity index (χ1v) is 12.2. The molecule has 32 heavy (non-hydrogen) atoms. The van der Waals surface area contributed by atoms with Gasteiger partial charge in [0.05, 0.1) is 35.4 Å². The summed E-state index contributed by atoms with van der Waals surface area (Å²) in [6.45, 7) is 1.54. The van der Waals surface area contributed by atoms with E-state index in [0.717, 1.165) is 12.1 Å². The normalized spacial score (nSPS) is 11.6. The van der Waals surface area contributed by atoms with Crippen LogP contribution in [0.15, 0.2) is 70.5 Å². The van der Waals surface area contributed by atoms with Crippen LogP contribution in [0.4, 0.5) is 15.8 Å². The number of nitrogens with one attached hydrogen (secondary N) is 2. The Morgan fingerprint density at radius 2 is 1.47 bits per heavy atom. The first-order valence-electron chi connectivity index (χ1n) is 9.20. The molecule has 0 fully saturated rings. The van der Waals surface area contributed by atoms with Crippen LogP contribution in [0.3, 0.4) is 0 Å². The van der Waals surface area contributed by atoms with Crippen molar-refractivity contribution in [2.24, 2.45) is 0 Å². The second-order valence-electron chi connectivity index (χ2n) is 6.69. The van der Waals surface area contributed by atoms with E-state index < -0.39 is 25.9 Å². The van der Waals surface area contributed by atoms with Crippen molar-refractivity contribution in [1.82, 2.24) is 0 Å². The van der Waals surface area contributed by atoms with Crippen molar-refractivity contribution in [2.75, 3.05) is 23.7 Å². The molecule has 0 aromatic heterocycles. The van der Waals surface area contributed by atoms with Gasteiger partial charge in [-0.2, -0.15) is 0 Å². The van der Waals surface area contributed by atoms with Gasteiger partial charge in [0.2, 0.25) is 0 Å². The van der Waals surface area contributed by atoms with Gasteiger partial charge in [0.1, 0.15) is 5.82 Å². The summed E-state index contributed by atoms with van der Waals surface area (Å²) < 4.78 is 80.0. The minimum atomic E-state index is -4.19. The molecule has 0 amide bonds. The average molecular weight is 481 g/mol. The lowest BCUT2D eigenvalue weighted by Gasteiger charge is -2.14. The maximum Gasteiger partial charge on any atom is 0.262 e. The van der Waals surface area contributed by atoms with E-state index in [9.17, 15) is 21.2 Å². The molecule has 0 atom stereocenters. The van der Waals surface area contributed by atoms with Crippen molar-refractivity contribution in [2.45, 2.75) is 16.7 Å². The predicted molar refractivity (Wildman–Crippen MR) is 119 cm³/mol. The number of aryl methyl sites for hydroxylation is 1. The van der Waals surface area contributed by atoms with Crippen LogP contribution in [0, 0.1) is 12.7 Å². The molecule has 0 heterocycles. The summed E-state index contributed by atoms with van der Waals surface area (Å²) in [5, 5.41) is 0. The molecule has 0 spiro atoms. The summed E-state index contributed by atoms with van der Waals surface area (Å²) >= 11 is 0. The Morgan fingerprint density at radius 1 is 0.781 bits per heavy atom. The van der Waals surface area contributed by atoms with E-state index in [4.69, 9.17) is 9.47 Å². The third-order valence-corrected chi connectivity index (χ3v) is 7.40. The Bertz CT molecular complexity index is 1360. The maximum atomic E-state index is 13.9. The average Bonchev–Trinajstić information content (AvgIpc) is 2.75. The number of ether oxygens (including phenoxy) is 2. The van der Waals surface area contributed by atoms with Gasteiger partial charge in [-0.25, -0.2) is 21.2 Å². The van der Waals surface area contributed by atoms with E-state index in [1.165, 1.54) is 62.8 Å². The SMILES string of the molecule is COc1ccc(S(=O)(=O)Nc2ccc(C)c(S(=O)(=O)Nc3ccccc3F)c2)cc1OC. The number of methoxy groups -OCH3 is 2. The second-order valence-corrected chi connectivity index (χ2v) is 10.0. The fourth-order valence-corrected chi connectivity index (χ4v) is 5.30. The van der Waals surface area contributed by atoms with Gasteiger partial charge in [0.25, 0.3) is 20.0 Å². The molecule has 3 rings (SSSR count). The van der Waals surface area contributed by atoms with Crippen LogP contribution in [-0.2, 0) is 20.0 Å². The third-order valence-electron chi connectivity index (χ3n) is 4.51.